The standard InChI is InChI=1S/C16H12ClFN2/c17-9-14-15(18)7-4-8-16(14)20-11-13(10-19-20)12-5-2-1-3-6-12/h1-8,10-11H,9H2. The fourth-order valence-electron chi connectivity index (χ4n) is 2.13. The zero-order valence-corrected chi connectivity index (χ0v) is 11.4. The van der Waals surface area contributed by atoms with E-state index in [1.807, 2.05) is 42.6 Å². The van der Waals surface area contributed by atoms with Gasteiger partial charge in [-0.1, -0.05) is 36.4 Å². The molecule has 0 saturated carbocycles. The molecule has 0 aliphatic rings. The van der Waals surface area contributed by atoms with Crippen molar-refractivity contribution in [1.82, 2.24) is 9.78 Å². The molecule has 0 spiro atoms. The maximum absolute atomic E-state index is 13.7. The summed E-state index contributed by atoms with van der Waals surface area (Å²) in [5, 5.41) is 4.30. The lowest BCUT2D eigenvalue weighted by molar-refractivity contribution is 0.613. The highest BCUT2D eigenvalue weighted by molar-refractivity contribution is 6.17. The second-order valence-electron chi connectivity index (χ2n) is 4.41. The van der Waals surface area contributed by atoms with Crippen LogP contribution in [0.25, 0.3) is 16.8 Å². The van der Waals surface area contributed by atoms with Crippen LogP contribution in [0.15, 0.2) is 60.9 Å². The Morgan fingerprint density at radius 1 is 1.00 bits per heavy atom. The predicted molar refractivity (Wildman–Crippen MR) is 78.5 cm³/mol. The van der Waals surface area contributed by atoms with Crippen molar-refractivity contribution in [2.24, 2.45) is 0 Å². The van der Waals surface area contributed by atoms with Gasteiger partial charge in [0.2, 0.25) is 0 Å². The van der Waals surface area contributed by atoms with Crippen molar-refractivity contribution in [3.05, 3.63) is 72.3 Å². The summed E-state index contributed by atoms with van der Waals surface area (Å²) >= 11 is 5.83. The van der Waals surface area contributed by atoms with Crippen LogP contribution in [0.3, 0.4) is 0 Å². The molecule has 100 valence electrons. The summed E-state index contributed by atoms with van der Waals surface area (Å²) in [5.41, 5.74) is 3.18. The Morgan fingerprint density at radius 3 is 2.55 bits per heavy atom. The predicted octanol–water partition coefficient (Wildman–Crippen LogP) is 4.42. The first kappa shape index (κ1) is 12.9. The molecule has 1 aromatic heterocycles. The molecule has 0 unspecified atom stereocenters. The van der Waals surface area contributed by atoms with E-state index in [0.717, 1.165) is 11.1 Å². The average Bonchev–Trinajstić information content (AvgIpc) is 2.97. The third-order valence-corrected chi connectivity index (χ3v) is 3.43. The van der Waals surface area contributed by atoms with Crippen LogP contribution in [-0.4, -0.2) is 9.78 Å². The number of nitrogens with zero attached hydrogens (tertiary/aromatic N) is 2. The van der Waals surface area contributed by atoms with Gasteiger partial charge in [-0.25, -0.2) is 9.07 Å². The van der Waals surface area contributed by atoms with Crippen molar-refractivity contribution in [1.29, 1.82) is 0 Å². The summed E-state index contributed by atoms with van der Waals surface area (Å²) in [6, 6.07) is 14.8. The first-order chi connectivity index (χ1) is 9.79. The topological polar surface area (TPSA) is 17.8 Å². The minimum atomic E-state index is -0.311. The molecule has 3 aromatic rings. The molecular formula is C16H12ClFN2. The van der Waals surface area contributed by atoms with Gasteiger partial charge in [0.05, 0.1) is 17.8 Å². The van der Waals surface area contributed by atoms with E-state index in [0.29, 0.717) is 11.3 Å². The molecule has 20 heavy (non-hydrogen) atoms. The number of rotatable bonds is 3. The number of hydrogen-bond acceptors (Lipinski definition) is 1. The Kier molecular flexibility index (Phi) is 3.52. The second kappa shape index (κ2) is 5.47. The van der Waals surface area contributed by atoms with Gasteiger partial charge in [-0.2, -0.15) is 5.10 Å². The zero-order chi connectivity index (χ0) is 13.9. The maximum Gasteiger partial charge on any atom is 0.129 e. The summed E-state index contributed by atoms with van der Waals surface area (Å²) < 4.78 is 15.4. The first-order valence-corrected chi connectivity index (χ1v) is 6.77. The Morgan fingerprint density at radius 2 is 1.80 bits per heavy atom. The lowest BCUT2D eigenvalue weighted by Crippen LogP contribution is -2.01. The van der Waals surface area contributed by atoms with Crippen LogP contribution >= 0.6 is 11.6 Å². The summed E-state index contributed by atoms with van der Waals surface area (Å²) in [6.07, 6.45) is 3.64. The van der Waals surface area contributed by atoms with Crippen molar-refractivity contribution >= 4 is 11.6 Å². The van der Waals surface area contributed by atoms with Gasteiger partial charge in [-0.05, 0) is 17.7 Å². The fourth-order valence-corrected chi connectivity index (χ4v) is 2.39. The Labute approximate surface area is 121 Å². The molecular weight excluding hydrogens is 275 g/mol. The van der Waals surface area contributed by atoms with Crippen LogP contribution in [0.1, 0.15) is 5.56 Å². The van der Waals surface area contributed by atoms with Crippen molar-refractivity contribution in [2.45, 2.75) is 5.88 Å². The molecule has 2 nitrogen and oxygen atoms in total. The van der Waals surface area contributed by atoms with Crippen molar-refractivity contribution in [3.8, 4) is 16.8 Å². The molecule has 0 N–H and O–H groups in total. The number of hydrogen-bond donors (Lipinski definition) is 0. The van der Waals surface area contributed by atoms with Crippen LogP contribution in [0.2, 0.25) is 0 Å². The first-order valence-electron chi connectivity index (χ1n) is 6.23. The van der Waals surface area contributed by atoms with E-state index >= 15 is 0 Å². The number of alkyl halides is 1. The fraction of sp³-hybridized carbons (Fsp3) is 0.0625. The van der Waals surface area contributed by atoms with Crippen LogP contribution in [0, 0.1) is 5.82 Å². The average molecular weight is 287 g/mol. The largest absolute Gasteiger partial charge is 0.240 e. The van der Waals surface area contributed by atoms with E-state index in [1.165, 1.54) is 6.07 Å². The van der Waals surface area contributed by atoms with Crippen molar-refractivity contribution in [2.75, 3.05) is 0 Å². The second-order valence-corrected chi connectivity index (χ2v) is 4.68. The quantitative estimate of drug-likeness (QED) is 0.652. The van der Waals surface area contributed by atoms with Gasteiger partial charge in [0.25, 0.3) is 0 Å². The third kappa shape index (κ3) is 2.32. The van der Waals surface area contributed by atoms with Gasteiger partial charge < -0.3 is 0 Å². The van der Waals surface area contributed by atoms with Crippen LogP contribution in [0.5, 0.6) is 0 Å². The molecule has 0 radical (unpaired) electrons. The monoisotopic (exact) mass is 286 g/mol. The lowest BCUT2D eigenvalue weighted by atomic mass is 10.1. The SMILES string of the molecule is Fc1cccc(-n2cc(-c3ccccc3)cn2)c1CCl. The van der Waals surface area contributed by atoms with E-state index in [4.69, 9.17) is 11.6 Å². The van der Waals surface area contributed by atoms with E-state index in [-0.39, 0.29) is 11.7 Å². The summed E-state index contributed by atoms with van der Waals surface area (Å²) in [5.74, 6) is -0.197. The van der Waals surface area contributed by atoms with Gasteiger partial charge in [-0.15, -0.1) is 11.6 Å². The molecule has 0 aliphatic carbocycles. The van der Waals surface area contributed by atoms with Gasteiger partial charge in [0.1, 0.15) is 5.82 Å². The Balaban J connectivity index is 2.05. The molecule has 4 heteroatoms. The van der Waals surface area contributed by atoms with Crippen LogP contribution < -0.4 is 0 Å². The molecule has 0 fully saturated rings. The molecule has 2 aromatic carbocycles. The minimum absolute atomic E-state index is 0.114. The van der Waals surface area contributed by atoms with E-state index in [1.54, 1.807) is 16.9 Å². The van der Waals surface area contributed by atoms with Gasteiger partial charge in [-0.3, -0.25) is 0 Å². The molecule has 3 rings (SSSR count). The number of benzene rings is 2. The normalized spacial score (nSPS) is 10.7. The summed E-state index contributed by atoms with van der Waals surface area (Å²) in [6.45, 7) is 0. The van der Waals surface area contributed by atoms with E-state index in [9.17, 15) is 4.39 Å². The smallest absolute Gasteiger partial charge is 0.129 e. The highest BCUT2D eigenvalue weighted by Gasteiger charge is 2.10. The zero-order valence-electron chi connectivity index (χ0n) is 10.6. The highest BCUT2D eigenvalue weighted by Crippen LogP contribution is 2.23. The third-order valence-electron chi connectivity index (χ3n) is 3.16. The van der Waals surface area contributed by atoms with E-state index < -0.39 is 0 Å². The highest BCUT2D eigenvalue weighted by atomic mass is 35.5. The molecule has 0 aliphatic heterocycles. The maximum atomic E-state index is 13.7. The Bertz CT molecular complexity index is 722. The Hall–Kier alpha value is -2.13. The molecule has 0 saturated heterocycles. The van der Waals surface area contributed by atoms with Gasteiger partial charge >= 0.3 is 0 Å². The van der Waals surface area contributed by atoms with Crippen LogP contribution in [-0.2, 0) is 5.88 Å². The minimum Gasteiger partial charge on any atom is -0.240 e. The lowest BCUT2D eigenvalue weighted by Gasteiger charge is -2.07. The van der Waals surface area contributed by atoms with Crippen LogP contribution in [0.4, 0.5) is 4.39 Å². The van der Waals surface area contributed by atoms with Gasteiger partial charge in [0.15, 0.2) is 0 Å². The van der Waals surface area contributed by atoms with E-state index in [2.05, 4.69) is 5.10 Å². The number of aromatic nitrogens is 2. The summed E-state index contributed by atoms with van der Waals surface area (Å²) in [7, 11) is 0. The van der Waals surface area contributed by atoms with Crippen molar-refractivity contribution in [3.63, 3.8) is 0 Å². The summed E-state index contributed by atoms with van der Waals surface area (Å²) in [4.78, 5) is 0. The van der Waals surface area contributed by atoms with Crippen molar-refractivity contribution < 1.29 is 4.39 Å². The number of halogens is 2. The van der Waals surface area contributed by atoms with Gasteiger partial charge in [0, 0.05) is 17.3 Å². The molecule has 0 amide bonds. The molecule has 0 bridgehead atoms. The molecule has 0 atom stereocenters. The molecule has 1 heterocycles.